The Morgan fingerprint density at radius 2 is 1.81 bits per heavy atom. The van der Waals surface area contributed by atoms with E-state index in [0.29, 0.717) is 5.92 Å². The molecular formula is C16H24. The second kappa shape index (κ2) is 8.15. The molecule has 1 atom stereocenters. The summed E-state index contributed by atoms with van der Waals surface area (Å²) in [4.78, 5) is 0. The van der Waals surface area contributed by atoms with E-state index in [4.69, 9.17) is 0 Å². The standard InChI is InChI=1S/C16H24/c1-3-4-5-6-7-9-12-15(2)16-13-10-8-11-14-16/h8-15H,3-7H2,1-2H3. The summed E-state index contributed by atoms with van der Waals surface area (Å²) < 4.78 is 0. The van der Waals surface area contributed by atoms with E-state index in [9.17, 15) is 0 Å². The zero-order valence-corrected chi connectivity index (χ0v) is 10.7. The van der Waals surface area contributed by atoms with E-state index < -0.39 is 0 Å². The molecule has 0 nitrogen and oxygen atoms in total. The number of allylic oxidation sites excluding steroid dienone is 2. The number of hydrogen-bond donors (Lipinski definition) is 0. The molecule has 0 heterocycles. The Kier molecular flexibility index (Phi) is 6.64. The van der Waals surface area contributed by atoms with Gasteiger partial charge in [-0.1, -0.05) is 75.6 Å². The molecule has 0 saturated carbocycles. The maximum absolute atomic E-state index is 2.34. The van der Waals surface area contributed by atoms with Gasteiger partial charge in [-0.2, -0.15) is 0 Å². The van der Waals surface area contributed by atoms with E-state index in [2.05, 4.69) is 56.3 Å². The predicted octanol–water partition coefficient (Wildman–Crippen LogP) is 5.32. The van der Waals surface area contributed by atoms with E-state index in [1.807, 2.05) is 0 Å². The molecular weight excluding hydrogens is 192 g/mol. The topological polar surface area (TPSA) is 0 Å². The third-order valence-electron chi connectivity index (χ3n) is 2.97. The van der Waals surface area contributed by atoms with Gasteiger partial charge in [0.2, 0.25) is 0 Å². The summed E-state index contributed by atoms with van der Waals surface area (Å²) in [5.41, 5.74) is 1.41. The molecule has 0 N–H and O–H groups in total. The summed E-state index contributed by atoms with van der Waals surface area (Å²) in [5.74, 6) is 0.548. The maximum Gasteiger partial charge on any atom is -0.00104 e. The number of benzene rings is 1. The lowest BCUT2D eigenvalue weighted by Crippen LogP contribution is -1.87. The van der Waals surface area contributed by atoms with Gasteiger partial charge in [0.15, 0.2) is 0 Å². The van der Waals surface area contributed by atoms with Gasteiger partial charge < -0.3 is 0 Å². The predicted molar refractivity (Wildman–Crippen MR) is 72.8 cm³/mol. The van der Waals surface area contributed by atoms with Crippen LogP contribution < -0.4 is 0 Å². The van der Waals surface area contributed by atoms with Crippen LogP contribution in [0.5, 0.6) is 0 Å². The Bertz CT molecular complexity index is 284. The molecule has 0 heteroatoms. The normalized spacial score (nSPS) is 13.1. The second-order valence-corrected chi connectivity index (χ2v) is 4.48. The van der Waals surface area contributed by atoms with Crippen LogP contribution in [0.1, 0.15) is 57.4 Å². The van der Waals surface area contributed by atoms with Crippen LogP contribution in [0.2, 0.25) is 0 Å². The quantitative estimate of drug-likeness (QED) is 0.427. The Hall–Kier alpha value is -1.04. The Morgan fingerprint density at radius 1 is 1.06 bits per heavy atom. The van der Waals surface area contributed by atoms with Crippen molar-refractivity contribution in [2.45, 2.75) is 51.9 Å². The summed E-state index contributed by atoms with van der Waals surface area (Å²) >= 11 is 0. The van der Waals surface area contributed by atoms with E-state index in [1.165, 1.54) is 37.7 Å². The van der Waals surface area contributed by atoms with Crippen LogP contribution in [-0.2, 0) is 0 Å². The van der Waals surface area contributed by atoms with Crippen LogP contribution in [0.25, 0.3) is 0 Å². The average Bonchev–Trinajstić information content (AvgIpc) is 2.34. The molecule has 0 aliphatic heterocycles. The van der Waals surface area contributed by atoms with Crippen LogP contribution in [0, 0.1) is 0 Å². The van der Waals surface area contributed by atoms with Gasteiger partial charge >= 0.3 is 0 Å². The van der Waals surface area contributed by atoms with Crippen molar-refractivity contribution < 1.29 is 0 Å². The molecule has 1 aromatic carbocycles. The first-order valence-electron chi connectivity index (χ1n) is 6.56. The van der Waals surface area contributed by atoms with Crippen molar-refractivity contribution in [2.24, 2.45) is 0 Å². The highest BCUT2D eigenvalue weighted by Gasteiger charge is 1.98. The van der Waals surface area contributed by atoms with Crippen LogP contribution in [0.3, 0.4) is 0 Å². The van der Waals surface area contributed by atoms with Gasteiger partial charge in [-0.05, 0) is 24.3 Å². The molecule has 1 aromatic rings. The summed E-state index contributed by atoms with van der Waals surface area (Å²) in [6, 6.07) is 10.7. The van der Waals surface area contributed by atoms with Gasteiger partial charge in [0, 0.05) is 0 Å². The highest BCUT2D eigenvalue weighted by molar-refractivity contribution is 5.22. The molecule has 88 valence electrons. The third kappa shape index (κ3) is 5.16. The fourth-order valence-electron chi connectivity index (χ4n) is 1.86. The summed E-state index contributed by atoms with van der Waals surface area (Å²) in [6.07, 6.45) is 11.3. The fourth-order valence-corrected chi connectivity index (χ4v) is 1.86. The smallest absolute Gasteiger partial charge is 0.00104 e. The van der Waals surface area contributed by atoms with Crippen molar-refractivity contribution in [1.82, 2.24) is 0 Å². The van der Waals surface area contributed by atoms with Crippen molar-refractivity contribution >= 4 is 0 Å². The molecule has 0 radical (unpaired) electrons. The van der Waals surface area contributed by atoms with Gasteiger partial charge in [-0.15, -0.1) is 0 Å². The van der Waals surface area contributed by atoms with Gasteiger partial charge in [0.25, 0.3) is 0 Å². The molecule has 0 amide bonds. The molecule has 1 unspecified atom stereocenters. The minimum atomic E-state index is 0.548. The van der Waals surface area contributed by atoms with E-state index >= 15 is 0 Å². The molecule has 0 bridgehead atoms. The van der Waals surface area contributed by atoms with Crippen molar-refractivity contribution in [2.75, 3.05) is 0 Å². The molecule has 0 aliphatic rings. The first-order valence-corrected chi connectivity index (χ1v) is 6.56. The largest absolute Gasteiger partial charge is 0.0879 e. The Balaban J connectivity index is 2.24. The molecule has 16 heavy (non-hydrogen) atoms. The third-order valence-corrected chi connectivity index (χ3v) is 2.97. The van der Waals surface area contributed by atoms with Crippen LogP contribution in [0.15, 0.2) is 42.5 Å². The van der Waals surface area contributed by atoms with Crippen molar-refractivity contribution in [3.05, 3.63) is 48.0 Å². The lowest BCUT2D eigenvalue weighted by atomic mass is 10.0. The van der Waals surface area contributed by atoms with Crippen molar-refractivity contribution in [3.8, 4) is 0 Å². The van der Waals surface area contributed by atoms with E-state index in [1.54, 1.807) is 0 Å². The summed E-state index contributed by atoms with van der Waals surface area (Å²) in [5, 5.41) is 0. The minimum absolute atomic E-state index is 0.548. The number of rotatable bonds is 7. The Labute approximate surface area is 100 Å². The first kappa shape index (κ1) is 13.0. The second-order valence-electron chi connectivity index (χ2n) is 4.48. The zero-order valence-electron chi connectivity index (χ0n) is 10.7. The van der Waals surface area contributed by atoms with Gasteiger partial charge in [-0.25, -0.2) is 0 Å². The van der Waals surface area contributed by atoms with Gasteiger partial charge in [0.1, 0.15) is 0 Å². The highest BCUT2D eigenvalue weighted by atomic mass is 14.0. The summed E-state index contributed by atoms with van der Waals surface area (Å²) in [7, 11) is 0. The van der Waals surface area contributed by atoms with Crippen LogP contribution >= 0.6 is 0 Å². The lowest BCUT2D eigenvalue weighted by Gasteiger charge is -2.05. The fraction of sp³-hybridized carbons (Fsp3) is 0.500. The molecule has 0 aliphatic carbocycles. The zero-order chi connectivity index (χ0) is 11.6. The Morgan fingerprint density at radius 3 is 2.50 bits per heavy atom. The monoisotopic (exact) mass is 216 g/mol. The highest BCUT2D eigenvalue weighted by Crippen LogP contribution is 2.16. The average molecular weight is 216 g/mol. The molecule has 0 spiro atoms. The van der Waals surface area contributed by atoms with Gasteiger partial charge in [0.05, 0.1) is 0 Å². The molecule has 0 fully saturated rings. The molecule has 0 aromatic heterocycles. The minimum Gasteiger partial charge on any atom is -0.0879 e. The lowest BCUT2D eigenvalue weighted by molar-refractivity contribution is 0.673. The first-order chi connectivity index (χ1) is 7.84. The van der Waals surface area contributed by atoms with Gasteiger partial charge in [-0.3, -0.25) is 0 Å². The number of unbranched alkanes of at least 4 members (excludes halogenated alkanes) is 4. The van der Waals surface area contributed by atoms with Crippen molar-refractivity contribution in [1.29, 1.82) is 0 Å². The van der Waals surface area contributed by atoms with E-state index in [-0.39, 0.29) is 0 Å². The van der Waals surface area contributed by atoms with Crippen LogP contribution in [-0.4, -0.2) is 0 Å². The SMILES string of the molecule is CCCCCCC=CC(C)c1ccccc1. The van der Waals surface area contributed by atoms with Crippen molar-refractivity contribution in [3.63, 3.8) is 0 Å². The molecule has 1 rings (SSSR count). The summed E-state index contributed by atoms with van der Waals surface area (Å²) in [6.45, 7) is 4.52. The van der Waals surface area contributed by atoms with E-state index in [0.717, 1.165) is 0 Å². The number of hydrogen-bond acceptors (Lipinski definition) is 0. The molecule has 0 saturated heterocycles. The maximum atomic E-state index is 2.34. The van der Waals surface area contributed by atoms with Crippen LogP contribution in [0.4, 0.5) is 0 Å².